The lowest BCUT2D eigenvalue weighted by molar-refractivity contribution is -0.123. The molecule has 0 saturated heterocycles. The molecule has 2 aromatic rings. The molecule has 1 unspecified atom stereocenters. The Morgan fingerprint density at radius 3 is 2.50 bits per heavy atom. The second-order valence-corrected chi connectivity index (χ2v) is 7.04. The number of hydrogen-bond donors (Lipinski definition) is 2. The highest BCUT2D eigenvalue weighted by atomic mass is 16.3. The Morgan fingerprint density at radius 2 is 1.81 bits per heavy atom. The Hall–Kier alpha value is -2.66. The molecule has 134 valence electrons. The summed E-state index contributed by atoms with van der Waals surface area (Å²) < 4.78 is 0. The van der Waals surface area contributed by atoms with Crippen molar-refractivity contribution in [2.75, 3.05) is 13.2 Å². The van der Waals surface area contributed by atoms with Crippen molar-refractivity contribution in [1.29, 1.82) is 0 Å². The Balaban J connectivity index is 1.50. The van der Waals surface area contributed by atoms with Crippen LogP contribution in [-0.2, 0) is 10.3 Å². The van der Waals surface area contributed by atoms with Crippen molar-refractivity contribution in [1.82, 2.24) is 10.2 Å². The van der Waals surface area contributed by atoms with Gasteiger partial charge in [0.15, 0.2) is 0 Å². The van der Waals surface area contributed by atoms with E-state index in [9.17, 15) is 14.7 Å². The average Bonchev–Trinajstić information content (AvgIpc) is 3.40. The number of hydrogen-bond acceptors (Lipinski definition) is 3. The lowest BCUT2D eigenvalue weighted by Crippen LogP contribution is -2.43. The van der Waals surface area contributed by atoms with Crippen LogP contribution in [0.4, 0.5) is 0 Å². The van der Waals surface area contributed by atoms with Crippen molar-refractivity contribution in [2.45, 2.75) is 30.8 Å². The van der Waals surface area contributed by atoms with Gasteiger partial charge in [-0.15, -0.1) is 0 Å². The van der Waals surface area contributed by atoms with Crippen molar-refractivity contribution in [2.24, 2.45) is 0 Å². The molecule has 0 radical (unpaired) electrons. The SMILES string of the molecule is O=C(CN1C(=O)c2ccccc2C1CCO)NC1(c2ccccc2)CC1. The number of nitrogens with zero attached hydrogens (tertiary/aromatic N) is 1. The molecule has 1 aliphatic carbocycles. The van der Waals surface area contributed by atoms with Crippen LogP contribution in [0.25, 0.3) is 0 Å². The second kappa shape index (κ2) is 6.57. The highest BCUT2D eigenvalue weighted by molar-refractivity contribution is 6.01. The van der Waals surface area contributed by atoms with E-state index in [2.05, 4.69) is 5.32 Å². The summed E-state index contributed by atoms with van der Waals surface area (Å²) in [7, 11) is 0. The third-order valence-electron chi connectivity index (χ3n) is 5.36. The minimum atomic E-state index is -0.291. The van der Waals surface area contributed by atoms with Gasteiger partial charge in [0.2, 0.25) is 5.91 Å². The van der Waals surface area contributed by atoms with Gasteiger partial charge in [-0.05, 0) is 36.5 Å². The molecular weight excluding hydrogens is 328 g/mol. The normalized spacial score (nSPS) is 20.0. The van der Waals surface area contributed by atoms with E-state index >= 15 is 0 Å². The molecule has 5 heteroatoms. The van der Waals surface area contributed by atoms with Gasteiger partial charge in [0, 0.05) is 12.2 Å². The van der Waals surface area contributed by atoms with Crippen molar-refractivity contribution in [3.8, 4) is 0 Å². The maximum atomic E-state index is 12.7. The lowest BCUT2D eigenvalue weighted by atomic mass is 10.0. The minimum absolute atomic E-state index is 0.00671. The van der Waals surface area contributed by atoms with E-state index in [0.717, 1.165) is 24.0 Å². The lowest BCUT2D eigenvalue weighted by Gasteiger charge is -2.26. The largest absolute Gasteiger partial charge is 0.396 e. The van der Waals surface area contributed by atoms with Gasteiger partial charge in [0.25, 0.3) is 5.91 Å². The summed E-state index contributed by atoms with van der Waals surface area (Å²) in [4.78, 5) is 27.0. The van der Waals surface area contributed by atoms with E-state index < -0.39 is 0 Å². The first-order chi connectivity index (χ1) is 12.6. The van der Waals surface area contributed by atoms with Gasteiger partial charge in [0.05, 0.1) is 11.6 Å². The molecule has 1 fully saturated rings. The number of amides is 2. The Bertz CT molecular complexity index is 830. The van der Waals surface area contributed by atoms with Gasteiger partial charge < -0.3 is 15.3 Å². The van der Waals surface area contributed by atoms with Crippen molar-refractivity contribution < 1.29 is 14.7 Å². The van der Waals surface area contributed by atoms with E-state index in [-0.39, 0.29) is 36.5 Å². The van der Waals surface area contributed by atoms with Crippen LogP contribution in [0.15, 0.2) is 54.6 Å². The molecule has 2 aliphatic rings. The number of rotatable bonds is 6. The quantitative estimate of drug-likeness (QED) is 0.840. The average molecular weight is 350 g/mol. The zero-order valence-corrected chi connectivity index (χ0v) is 14.5. The predicted octanol–water partition coefficient (Wildman–Crippen LogP) is 2.37. The maximum absolute atomic E-state index is 12.7. The Morgan fingerprint density at radius 1 is 1.12 bits per heavy atom. The first kappa shape index (κ1) is 16.8. The van der Waals surface area contributed by atoms with Crippen LogP contribution in [0.5, 0.6) is 0 Å². The summed E-state index contributed by atoms with van der Waals surface area (Å²) in [5, 5.41) is 12.5. The van der Waals surface area contributed by atoms with Crippen LogP contribution in [0.2, 0.25) is 0 Å². The monoisotopic (exact) mass is 350 g/mol. The van der Waals surface area contributed by atoms with Crippen LogP contribution in [-0.4, -0.2) is 35.0 Å². The number of aliphatic hydroxyl groups is 1. The molecule has 26 heavy (non-hydrogen) atoms. The van der Waals surface area contributed by atoms with Crippen LogP contribution in [0, 0.1) is 0 Å². The molecule has 2 amide bonds. The smallest absolute Gasteiger partial charge is 0.255 e. The number of carbonyl (C=O) groups is 2. The van der Waals surface area contributed by atoms with Crippen molar-refractivity contribution in [3.05, 3.63) is 71.3 Å². The summed E-state index contributed by atoms with van der Waals surface area (Å²) in [6.45, 7) is -0.0227. The fourth-order valence-electron chi connectivity index (χ4n) is 3.89. The fourth-order valence-corrected chi connectivity index (χ4v) is 3.89. The Labute approximate surface area is 152 Å². The highest BCUT2D eigenvalue weighted by Crippen LogP contribution is 2.45. The highest BCUT2D eigenvalue weighted by Gasteiger charge is 2.46. The summed E-state index contributed by atoms with van der Waals surface area (Å²) in [5.41, 5.74) is 2.34. The standard InChI is InChI=1S/C21H22N2O3/c24-13-10-18-16-8-4-5-9-17(16)20(26)23(18)14-19(25)22-21(11-12-21)15-6-2-1-3-7-15/h1-9,18,24H,10-14H2,(H,22,25). The number of benzene rings is 2. The molecule has 5 nitrogen and oxygen atoms in total. The number of aliphatic hydroxyl groups excluding tert-OH is 1. The van der Waals surface area contributed by atoms with Gasteiger partial charge in [-0.3, -0.25) is 9.59 Å². The van der Waals surface area contributed by atoms with E-state index in [4.69, 9.17) is 0 Å². The van der Waals surface area contributed by atoms with Gasteiger partial charge >= 0.3 is 0 Å². The van der Waals surface area contributed by atoms with Crippen LogP contribution < -0.4 is 5.32 Å². The molecule has 1 atom stereocenters. The number of fused-ring (bicyclic) bond motifs is 1. The van der Waals surface area contributed by atoms with Gasteiger partial charge in [0.1, 0.15) is 6.54 Å². The third kappa shape index (κ3) is 2.88. The topological polar surface area (TPSA) is 69.6 Å². The zero-order chi connectivity index (χ0) is 18.1. The minimum Gasteiger partial charge on any atom is -0.396 e. The number of nitrogens with one attached hydrogen (secondary N) is 1. The molecule has 2 aromatic carbocycles. The van der Waals surface area contributed by atoms with E-state index in [1.165, 1.54) is 0 Å². The second-order valence-electron chi connectivity index (χ2n) is 7.04. The molecule has 2 N–H and O–H groups in total. The third-order valence-corrected chi connectivity index (χ3v) is 5.36. The zero-order valence-electron chi connectivity index (χ0n) is 14.5. The summed E-state index contributed by atoms with van der Waals surface area (Å²) in [6.07, 6.45) is 2.26. The van der Waals surface area contributed by atoms with Crippen LogP contribution >= 0.6 is 0 Å². The van der Waals surface area contributed by atoms with Crippen LogP contribution in [0.3, 0.4) is 0 Å². The summed E-state index contributed by atoms with van der Waals surface area (Å²) in [5.74, 6) is -0.297. The molecule has 1 aliphatic heterocycles. The molecule has 0 spiro atoms. The molecule has 0 bridgehead atoms. The van der Waals surface area contributed by atoms with Crippen LogP contribution in [0.1, 0.15) is 46.8 Å². The molecule has 0 aromatic heterocycles. The van der Waals surface area contributed by atoms with E-state index in [1.54, 1.807) is 11.0 Å². The first-order valence-corrected chi connectivity index (χ1v) is 9.02. The fraction of sp³-hybridized carbons (Fsp3) is 0.333. The summed E-state index contributed by atoms with van der Waals surface area (Å²) in [6, 6.07) is 17.1. The summed E-state index contributed by atoms with van der Waals surface area (Å²) >= 11 is 0. The van der Waals surface area contributed by atoms with E-state index in [0.29, 0.717) is 12.0 Å². The van der Waals surface area contributed by atoms with E-state index in [1.807, 2.05) is 48.5 Å². The molecule has 1 heterocycles. The van der Waals surface area contributed by atoms with Gasteiger partial charge in [-0.2, -0.15) is 0 Å². The van der Waals surface area contributed by atoms with Gasteiger partial charge in [-0.25, -0.2) is 0 Å². The maximum Gasteiger partial charge on any atom is 0.255 e. The molecular formula is C21H22N2O3. The Kier molecular flexibility index (Phi) is 4.24. The molecule has 1 saturated carbocycles. The number of carbonyl (C=O) groups excluding carboxylic acids is 2. The molecule has 4 rings (SSSR count). The predicted molar refractivity (Wildman–Crippen MR) is 97.4 cm³/mol. The van der Waals surface area contributed by atoms with Crippen molar-refractivity contribution >= 4 is 11.8 Å². The first-order valence-electron chi connectivity index (χ1n) is 9.02. The van der Waals surface area contributed by atoms with Crippen molar-refractivity contribution in [3.63, 3.8) is 0 Å². The van der Waals surface area contributed by atoms with Gasteiger partial charge in [-0.1, -0.05) is 48.5 Å².